The van der Waals surface area contributed by atoms with E-state index >= 15 is 0 Å². The molecule has 0 radical (unpaired) electrons. The summed E-state index contributed by atoms with van der Waals surface area (Å²) in [7, 11) is -2.13. The number of halogens is 1. The van der Waals surface area contributed by atoms with Gasteiger partial charge in [-0.05, 0) is 30.5 Å². The normalized spacial score (nSPS) is 20.7. The molecule has 19 heavy (non-hydrogen) atoms. The molecule has 0 amide bonds. The number of ether oxygens (including phenoxy) is 1. The smallest absolute Gasteiger partial charge is 0.246 e. The van der Waals surface area contributed by atoms with Gasteiger partial charge in [0.05, 0.1) is 7.11 Å². The summed E-state index contributed by atoms with van der Waals surface area (Å²) in [6.07, 6.45) is 0.687. The molecule has 1 atom stereocenters. The fourth-order valence-electron chi connectivity index (χ4n) is 2.16. The van der Waals surface area contributed by atoms with Gasteiger partial charge in [-0.3, -0.25) is 0 Å². The van der Waals surface area contributed by atoms with Gasteiger partial charge in [0.2, 0.25) is 10.0 Å². The van der Waals surface area contributed by atoms with E-state index in [9.17, 15) is 8.42 Å². The molecule has 0 bridgehead atoms. The van der Waals surface area contributed by atoms with Gasteiger partial charge >= 0.3 is 0 Å². The number of aliphatic hydroxyl groups excluding tert-OH is 1. The van der Waals surface area contributed by atoms with Gasteiger partial charge in [0.25, 0.3) is 0 Å². The lowest BCUT2D eigenvalue weighted by Crippen LogP contribution is -2.29. The van der Waals surface area contributed by atoms with Crippen LogP contribution < -0.4 is 4.74 Å². The first-order chi connectivity index (χ1) is 8.98. The van der Waals surface area contributed by atoms with Crippen LogP contribution in [0.4, 0.5) is 0 Å². The Hall–Kier alpha value is -0.630. The highest BCUT2D eigenvalue weighted by Crippen LogP contribution is 2.32. The van der Waals surface area contributed by atoms with E-state index in [1.165, 1.54) is 11.4 Å². The lowest BCUT2D eigenvalue weighted by molar-refractivity contribution is 0.233. The maximum atomic E-state index is 12.6. The quantitative estimate of drug-likeness (QED) is 0.893. The Kier molecular flexibility index (Phi) is 4.50. The third-order valence-corrected chi connectivity index (χ3v) is 5.63. The van der Waals surface area contributed by atoms with E-state index in [0.29, 0.717) is 29.7 Å². The Balaban J connectivity index is 2.37. The Morgan fingerprint density at radius 3 is 2.84 bits per heavy atom. The number of hydrogen-bond donors (Lipinski definition) is 1. The van der Waals surface area contributed by atoms with Crippen LogP contribution in [0, 0.1) is 5.92 Å². The van der Waals surface area contributed by atoms with Gasteiger partial charge in [-0.2, -0.15) is 4.31 Å². The topological polar surface area (TPSA) is 66.8 Å². The Labute approximate surface area is 121 Å². The van der Waals surface area contributed by atoms with Gasteiger partial charge in [0.1, 0.15) is 10.6 Å². The van der Waals surface area contributed by atoms with E-state index in [4.69, 9.17) is 9.84 Å². The van der Waals surface area contributed by atoms with E-state index in [0.717, 1.165) is 0 Å². The minimum absolute atomic E-state index is 0.0155. The number of aliphatic hydroxyl groups is 1. The number of hydrogen-bond acceptors (Lipinski definition) is 4. The maximum absolute atomic E-state index is 12.6. The minimum Gasteiger partial charge on any atom is -0.495 e. The van der Waals surface area contributed by atoms with E-state index in [1.54, 1.807) is 18.2 Å². The fraction of sp³-hybridized carbons (Fsp3) is 0.500. The molecule has 0 aliphatic carbocycles. The van der Waals surface area contributed by atoms with Crippen molar-refractivity contribution in [2.24, 2.45) is 5.92 Å². The molecular formula is C12H16BrNO4S. The van der Waals surface area contributed by atoms with Crippen LogP contribution in [0.3, 0.4) is 0 Å². The van der Waals surface area contributed by atoms with Crippen LogP contribution in [0.2, 0.25) is 0 Å². The van der Waals surface area contributed by atoms with Gasteiger partial charge in [0, 0.05) is 24.2 Å². The first-order valence-electron chi connectivity index (χ1n) is 5.93. The summed E-state index contributed by atoms with van der Waals surface area (Å²) in [6, 6.07) is 4.90. The summed E-state index contributed by atoms with van der Waals surface area (Å²) >= 11 is 3.27. The van der Waals surface area contributed by atoms with Crippen molar-refractivity contribution in [3.8, 4) is 5.75 Å². The summed E-state index contributed by atoms with van der Waals surface area (Å²) < 4.78 is 32.4. The van der Waals surface area contributed by atoms with Gasteiger partial charge in [-0.1, -0.05) is 15.9 Å². The zero-order chi connectivity index (χ0) is 14.0. The van der Waals surface area contributed by atoms with Crippen LogP contribution in [-0.4, -0.2) is 44.6 Å². The highest BCUT2D eigenvalue weighted by atomic mass is 79.9. The molecule has 1 saturated heterocycles. The van der Waals surface area contributed by atoms with Crippen molar-refractivity contribution in [3.05, 3.63) is 22.7 Å². The summed E-state index contributed by atoms with van der Waals surface area (Å²) in [5.41, 5.74) is 0. The number of nitrogens with zero attached hydrogens (tertiary/aromatic N) is 1. The number of rotatable bonds is 4. The Morgan fingerprint density at radius 2 is 2.26 bits per heavy atom. The van der Waals surface area contributed by atoms with Gasteiger partial charge in [0.15, 0.2) is 0 Å². The zero-order valence-corrected chi connectivity index (χ0v) is 12.9. The van der Waals surface area contributed by atoms with Crippen LogP contribution in [0.15, 0.2) is 27.6 Å². The highest BCUT2D eigenvalue weighted by molar-refractivity contribution is 9.10. The Morgan fingerprint density at radius 1 is 1.53 bits per heavy atom. The first-order valence-corrected chi connectivity index (χ1v) is 8.17. The van der Waals surface area contributed by atoms with E-state index in [-0.39, 0.29) is 17.4 Å². The van der Waals surface area contributed by atoms with Crippen LogP contribution in [0.25, 0.3) is 0 Å². The molecule has 1 aromatic rings. The molecule has 0 spiro atoms. The molecule has 1 unspecified atom stereocenters. The molecule has 5 nitrogen and oxygen atoms in total. The Bertz CT molecular complexity index is 561. The van der Waals surface area contributed by atoms with Crippen molar-refractivity contribution >= 4 is 26.0 Å². The fourth-order valence-corrected chi connectivity index (χ4v) is 4.38. The van der Waals surface area contributed by atoms with Crippen LogP contribution in [0.5, 0.6) is 5.75 Å². The molecule has 1 fully saturated rings. The van der Waals surface area contributed by atoms with Crippen molar-refractivity contribution in [3.63, 3.8) is 0 Å². The number of benzene rings is 1. The van der Waals surface area contributed by atoms with E-state index in [2.05, 4.69) is 15.9 Å². The summed E-state index contributed by atoms with van der Waals surface area (Å²) in [4.78, 5) is 0.156. The van der Waals surface area contributed by atoms with E-state index < -0.39 is 10.0 Å². The lowest BCUT2D eigenvalue weighted by atomic mass is 10.1. The second kappa shape index (κ2) is 5.78. The standard InChI is InChI=1S/C12H16BrNO4S/c1-18-11-3-2-10(13)6-12(11)19(16,17)14-5-4-9(7-14)8-15/h2-3,6,9,15H,4-5,7-8H2,1H3. The maximum Gasteiger partial charge on any atom is 0.246 e. The van der Waals surface area contributed by atoms with Crippen molar-refractivity contribution in [1.82, 2.24) is 4.31 Å². The molecule has 2 rings (SSSR count). The first kappa shape index (κ1) is 14.8. The van der Waals surface area contributed by atoms with Crippen molar-refractivity contribution in [1.29, 1.82) is 0 Å². The summed E-state index contributed by atoms with van der Waals surface area (Å²) in [5.74, 6) is 0.351. The average molecular weight is 350 g/mol. The molecular weight excluding hydrogens is 334 g/mol. The molecule has 1 heterocycles. The molecule has 7 heteroatoms. The van der Waals surface area contributed by atoms with Gasteiger partial charge < -0.3 is 9.84 Å². The second-order valence-corrected chi connectivity index (χ2v) is 7.32. The molecule has 0 saturated carbocycles. The molecule has 106 valence electrons. The van der Waals surface area contributed by atoms with E-state index in [1.807, 2.05) is 0 Å². The SMILES string of the molecule is COc1ccc(Br)cc1S(=O)(=O)N1CCC(CO)C1. The monoisotopic (exact) mass is 349 g/mol. The third kappa shape index (κ3) is 2.94. The zero-order valence-electron chi connectivity index (χ0n) is 10.5. The lowest BCUT2D eigenvalue weighted by Gasteiger charge is -2.18. The highest BCUT2D eigenvalue weighted by Gasteiger charge is 2.34. The average Bonchev–Trinajstić information content (AvgIpc) is 2.88. The van der Waals surface area contributed by atoms with Crippen LogP contribution in [-0.2, 0) is 10.0 Å². The van der Waals surface area contributed by atoms with Crippen molar-refractivity contribution in [2.75, 3.05) is 26.8 Å². The van der Waals surface area contributed by atoms with Crippen LogP contribution in [0.1, 0.15) is 6.42 Å². The second-order valence-electron chi connectivity index (χ2n) is 4.50. The predicted molar refractivity (Wildman–Crippen MR) is 74.6 cm³/mol. The minimum atomic E-state index is -3.58. The largest absolute Gasteiger partial charge is 0.495 e. The third-order valence-electron chi connectivity index (χ3n) is 3.25. The molecule has 0 aromatic heterocycles. The van der Waals surface area contributed by atoms with Crippen molar-refractivity contribution < 1.29 is 18.3 Å². The molecule has 1 aliphatic rings. The summed E-state index contributed by atoms with van der Waals surface area (Å²) in [6.45, 7) is 0.805. The molecule has 1 aromatic carbocycles. The van der Waals surface area contributed by atoms with Crippen LogP contribution >= 0.6 is 15.9 Å². The molecule has 1 aliphatic heterocycles. The number of methoxy groups -OCH3 is 1. The predicted octanol–water partition coefficient (Wildman–Crippen LogP) is 1.46. The van der Waals surface area contributed by atoms with Gasteiger partial charge in [-0.25, -0.2) is 8.42 Å². The number of sulfonamides is 1. The van der Waals surface area contributed by atoms with Crippen molar-refractivity contribution in [2.45, 2.75) is 11.3 Å². The molecule has 1 N–H and O–H groups in total. The summed E-state index contributed by atoms with van der Waals surface area (Å²) in [5, 5.41) is 9.11. The van der Waals surface area contributed by atoms with Gasteiger partial charge in [-0.15, -0.1) is 0 Å².